The molecule has 172 valence electrons. The summed E-state index contributed by atoms with van der Waals surface area (Å²) in [7, 11) is 6.16. The molecule has 2 rings (SSSR count). The Labute approximate surface area is 184 Å². The molecule has 0 bridgehead atoms. The van der Waals surface area contributed by atoms with Gasteiger partial charge in [-0.1, -0.05) is 6.08 Å². The normalized spacial score (nSPS) is 15.0. The third kappa shape index (κ3) is 10.8. The summed E-state index contributed by atoms with van der Waals surface area (Å²) in [6.07, 6.45) is 3.25. The van der Waals surface area contributed by atoms with Crippen molar-refractivity contribution in [1.82, 2.24) is 18.5 Å². The van der Waals surface area contributed by atoms with E-state index in [1.54, 1.807) is 0 Å². The molecule has 0 amide bonds. The molecule has 0 fully saturated rings. The number of rotatable bonds is 17. The van der Waals surface area contributed by atoms with Crippen LogP contribution in [0.15, 0.2) is 6.08 Å². The molecular weight excluding hydrogens is 408 g/mol. The SMILES string of the molecule is CN(C)CCOCCOCCOCCOCCOc1nsnc1C1=CCCN(C)C1. The fraction of sp³-hybridized carbons (Fsp3) is 0.800. The van der Waals surface area contributed by atoms with Gasteiger partial charge in [0.2, 0.25) is 0 Å². The third-order valence-electron chi connectivity index (χ3n) is 4.37. The molecule has 1 aliphatic rings. The van der Waals surface area contributed by atoms with Gasteiger partial charge >= 0.3 is 0 Å². The molecule has 0 unspecified atom stereocenters. The van der Waals surface area contributed by atoms with E-state index in [9.17, 15) is 0 Å². The molecule has 0 atom stereocenters. The monoisotopic (exact) mass is 444 g/mol. The molecule has 9 nitrogen and oxygen atoms in total. The summed E-state index contributed by atoms with van der Waals surface area (Å²) < 4.78 is 36.3. The zero-order valence-corrected chi connectivity index (χ0v) is 19.3. The van der Waals surface area contributed by atoms with Gasteiger partial charge in [-0.25, -0.2) is 0 Å². The van der Waals surface area contributed by atoms with Crippen molar-refractivity contribution in [3.8, 4) is 5.88 Å². The van der Waals surface area contributed by atoms with Gasteiger partial charge in [-0.3, -0.25) is 0 Å². The summed E-state index contributed by atoms with van der Waals surface area (Å²) in [4.78, 5) is 4.36. The van der Waals surface area contributed by atoms with E-state index in [1.807, 2.05) is 14.1 Å². The summed E-state index contributed by atoms with van der Waals surface area (Å²) in [5, 5.41) is 0. The zero-order chi connectivity index (χ0) is 21.4. The van der Waals surface area contributed by atoms with Gasteiger partial charge in [-0.15, -0.1) is 4.37 Å². The maximum Gasteiger partial charge on any atom is 0.253 e. The maximum absolute atomic E-state index is 5.76. The van der Waals surface area contributed by atoms with Crippen LogP contribution in [0.2, 0.25) is 0 Å². The minimum Gasteiger partial charge on any atom is -0.473 e. The summed E-state index contributed by atoms with van der Waals surface area (Å²) in [5.74, 6) is 0.601. The van der Waals surface area contributed by atoms with Crippen LogP contribution in [0.5, 0.6) is 5.88 Å². The molecule has 1 aliphatic heterocycles. The highest BCUT2D eigenvalue weighted by atomic mass is 32.1. The van der Waals surface area contributed by atoms with E-state index < -0.39 is 0 Å². The van der Waals surface area contributed by atoms with Crippen molar-refractivity contribution in [2.24, 2.45) is 0 Å². The van der Waals surface area contributed by atoms with E-state index in [2.05, 4.69) is 31.7 Å². The predicted octanol–water partition coefficient (Wildman–Crippen LogP) is 1.26. The fourth-order valence-corrected chi connectivity index (χ4v) is 3.27. The number of nitrogens with zero attached hydrogens (tertiary/aromatic N) is 4. The molecule has 0 aliphatic carbocycles. The Hall–Kier alpha value is -1.14. The van der Waals surface area contributed by atoms with Gasteiger partial charge in [0.05, 0.1) is 64.6 Å². The first-order chi connectivity index (χ1) is 14.7. The second-order valence-electron chi connectivity index (χ2n) is 7.28. The van der Waals surface area contributed by atoms with Crippen LogP contribution in [0.4, 0.5) is 0 Å². The van der Waals surface area contributed by atoms with Gasteiger partial charge in [0.1, 0.15) is 12.3 Å². The van der Waals surface area contributed by atoms with Gasteiger partial charge in [-0.2, -0.15) is 4.37 Å². The van der Waals surface area contributed by atoms with Crippen LogP contribution < -0.4 is 4.74 Å². The van der Waals surface area contributed by atoms with Gasteiger partial charge in [0.25, 0.3) is 5.88 Å². The average molecular weight is 445 g/mol. The van der Waals surface area contributed by atoms with E-state index in [0.29, 0.717) is 58.7 Å². The largest absolute Gasteiger partial charge is 0.473 e. The minimum atomic E-state index is 0.443. The van der Waals surface area contributed by atoms with Crippen molar-refractivity contribution >= 4 is 17.3 Å². The summed E-state index contributed by atoms with van der Waals surface area (Å²) in [5.41, 5.74) is 2.04. The maximum atomic E-state index is 5.76. The number of hydrogen-bond donors (Lipinski definition) is 0. The second kappa shape index (κ2) is 15.6. The van der Waals surface area contributed by atoms with E-state index in [1.165, 1.54) is 17.3 Å². The molecule has 2 heterocycles. The number of likely N-dealkylation sites (N-methyl/N-ethyl adjacent to an activating group) is 2. The molecule has 0 saturated carbocycles. The molecule has 0 radical (unpaired) electrons. The van der Waals surface area contributed by atoms with Crippen molar-refractivity contribution in [3.05, 3.63) is 11.8 Å². The lowest BCUT2D eigenvalue weighted by atomic mass is 10.1. The highest BCUT2D eigenvalue weighted by Crippen LogP contribution is 2.26. The average Bonchev–Trinajstić information content (AvgIpc) is 3.19. The quantitative estimate of drug-likeness (QED) is 0.330. The van der Waals surface area contributed by atoms with E-state index >= 15 is 0 Å². The van der Waals surface area contributed by atoms with Crippen LogP contribution in [0, 0.1) is 0 Å². The molecule has 30 heavy (non-hydrogen) atoms. The Morgan fingerprint density at radius 3 is 2.10 bits per heavy atom. The lowest BCUT2D eigenvalue weighted by Crippen LogP contribution is -2.25. The van der Waals surface area contributed by atoms with Crippen LogP contribution in [-0.2, 0) is 18.9 Å². The van der Waals surface area contributed by atoms with E-state index in [4.69, 9.17) is 23.7 Å². The summed E-state index contributed by atoms with van der Waals surface area (Å²) in [6.45, 7) is 7.90. The number of aromatic nitrogens is 2. The van der Waals surface area contributed by atoms with E-state index in [-0.39, 0.29) is 0 Å². The van der Waals surface area contributed by atoms with Crippen LogP contribution in [-0.4, -0.2) is 119 Å². The molecule has 0 N–H and O–H groups in total. The van der Waals surface area contributed by atoms with Crippen LogP contribution in [0.3, 0.4) is 0 Å². The fourth-order valence-electron chi connectivity index (χ4n) is 2.74. The predicted molar refractivity (Wildman–Crippen MR) is 117 cm³/mol. The third-order valence-corrected chi connectivity index (χ3v) is 4.88. The smallest absolute Gasteiger partial charge is 0.253 e. The molecule has 0 aromatic carbocycles. The van der Waals surface area contributed by atoms with Crippen molar-refractivity contribution in [2.45, 2.75) is 6.42 Å². The molecular formula is C20H36N4O5S. The number of ether oxygens (including phenoxy) is 5. The highest BCUT2D eigenvalue weighted by Gasteiger charge is 2.18. The molecule has 0 spiro atoms. The van der Waals surface area contributed by atoms with E-state index in [0.717, 1.165) is 38.4 Å². The molecule has 10 heteroatoms. The Morgan fingerprint density at radius 1 is 0.900 bits per heavy atom. The molecule has 1 aromatic rings. The Bertz CT molecular complexity index is 600. The first kappa shape index (κ1) is 25.1. The van der Waals surface area contributed by atoms with Crippen molar-refractivity contribution < 1.29 is 23.7 Å². The topological polar surface area (TPSA) is 78.4 Å². The first-order valence-electron chi connectivity index (χ1n) is 10.5. The highest BCUT2D eigenvalue weighted by molar-refractivity contribution is 6.99. The molecule has 0 saturated heterocycles. The van der Waals surface area contributed by atoms with Crippen LogP contribution in [0.25, 0.3) is 5.57 Å². The first-order valence-corrected chi connectivity index (χ1v) is 11.2. The van der Waals surface area contributed by atoms with Gasteiger partial charge in [0, 0.05) is 19.6 Å². The lowest BCUT2D eigenvalue weighted by molar-refractivity contribution is -0.00565. The van der Waals surface area contributed by atoms with Gasteiger partial charge in [-0.05, 0) is 33.1 Å². The Kier molecular flexibility index (Phi) is 13.1. The summed E-state index contributed by atoms with van der Waals surface area (Å²) >= 11 is 1.18. The molecule has 1 aromatic heterocycles. The zero-order valence-electron chi connectivity index (χ0n) is 18.5. The number of hydrogen-bond acceptors (Lipinski definition) is 10. The lowest BCUT2D eigenvalue weighted by Gasteiger charge is -2.22. The van der Waals surface area contributed by atoms with Crippen molar-refractivity contribution in [3.63, 3.8) is 0 Å². The minimum absolute atomic E-state index is 0.443. The Morgan fingerprint density at radius 2 is 1.50 bits per heavy atom. The Balaban J connectivity index is 1.40. The standard InChI is InChI=1S/C20H36N4O5S/c1-23(2)7-8-25-9-10-26-11-12-27-13-14-28-15-16-29-20-19(21-30-22-20)18-5-4-6-24(3)17-18/h5H,4,6-17H2,1-3H3. The van der Waals surface area contributed by atoms with Crippen molar-refractivity contribution in [1.29, 1.82) is 0 Å². The van der Waals surface area contributed by atoms with Gasteiger partial charge < -0.3 is 33.5 Å². The van der Waals surface area contributed by atoms with Crippen molar-refractivity contribution in [2.75, 3.05) is 100 Å². The van der Waals surface area contributed by atoms with Crippen LogP contribution >= 0.6 is 11.7 Å². The second-order valence-corrected chi connectivity index (χ2v) is 7.80. The van der Waals surface area contributed by atoms with Crippen LogP contribution in [0.1, 0.15) is 12.1 Å². The summed E-state index contributed by atoms with van der Waals surface area (Å²) in [6, 6.07) is 0. The van der Waals surface area contributed by atoms with Gasteiger partial charge in [0.15, 0.2) is 0 Å².